The highest BCUT2D eigenvalue weighted by molar-refractivity contribution is 8.27. The molecule has 1 saturated heterocycles. The summed E-state index contributed by atoms with van der Waals surface area (Å²) >= 11 is 2.34. The predicted molar refractivity (Wildman–Crippen MR) is 114 cm³/mol. The number of benzene rings is 2. The fourth-order valence-electron chi connectivity index (χ4n) is 2.67. The zero-order chi connectivity index (χ0) is 19.5. The van der Waals surface area contributed by atoms with Crippen LogP contribution < -0.4 is 15.0 Å². The molecule has 142 valence electrons. The molecule has 1 aromatic heterocycles. The first kappa shape index (κ1) is 18.5. The zero-order valence-electron chi connectivity index (χ0n) is 15.0. The molecule has 4 rings (SSSR count). The second kappa shape index (κ2) is 8.04. The van der Waals surface area contributed by atoms with Gasteiger partial charge in [-0.05, 0) is 35.9 Å². The van der Waals surface area contributed by atoms with E-state index in [0.717, 1.165) is 22.0 Å². The summed E-state index contributed by atoms with van der Waals surface area (Å²) in [5.74, 6) is 0.746. The SMILES string of the molecule is CN(CCOc1ccc(C=C2NC(=O)SC2=O)cc1)c1nc2ccccc2s1. The molecule has 3 aromatic rings. The molecule has 1 aliphatic heterocycles. The van der Waals surface area contributed by atoms with Crippen molar-refractivity contribution in [2.24, 2.45) is 0 Å². The van der Waals surface area contributed by atoms with E-state index >= 15 is 0 Å². The Bertz CT molecular complexity index is 1030. The Hall–Kier alpha value is -2.84. The van der Waals surface area contributed by atoms with E-state index in [-0.39, 0.29) is 10.4 Å². The van der Waals surface area contributed by atoms with E-state index in [1.807, 2.05) is 49.5 Å². The van der Waals surface area contributed by atoms with E-state index in [4.69, 9.17) is 4.74 Å². The Balaban J connectivity index is 1.32. The van der Waals surface area contributed by atoms with Crippen LogP contribution in [0.1, 0.15) is 5.56 Å². The molecule has 1 N–H and O–H groups in total. The van der Waals surface area contributed by atoms with Gasteiger partial charge in [-0.25, -0.2) is 4.98 Å². The van der Waals surface area contributed by atoms with Crippen LogP contribution in [0.4, 0.5) is 9.93 Å². The lowest BCUT2D eigenvalue weighted by atomic mass is 10.2. The van der Waals surface area contributed by atoms with Crippen molar-refractivity contribution < 1.29 is 14.3 Å². The summed E-state index contributed by atoms with van der Waals surface area (Å²) in [5.41, 5.74) is 2.14. The minimum Gasteiger partial charge on any atom is -0.492 e. The fraction of sp³-hybridized carbons (Fsp3) is 0.150. The lowest BCUT2D eigenvalue weighted by Gasteiger charge is -2.16. The van der Waals surface area contributed by atoms with Crippen molar-refractivity contribution in [2.45, 2.75) is 0 Å². The van der Waals surface area contributed by atoms with Crippen molar-refractivity contribution in [3.63, 3.8) is 0 Å². The Kier molecular flexibility index (Phi) is 5.31. The molecule has 1 amide bonds. The highest BCUT2D eigenvalue weighted by Crippen LogP contribution is 2.27. The van der Waals surface area contributed by atoms with Gasteiger partial charge in [0.2, 0.25) is 5.12 Å². The molecule has 2 aromatic carbocycles. The van der Waals surface area contributed by atoms with Crippen LogP contribution in [0, 0.1) is 0 Å². The van der Waals surface area contributed by atoms with Crippen LogP contribution in [0.25, 0.3) is 16.3 Å². The number of hydrogen-bond acceptors (Lipinski definition) is 7. The summed E-state index contributed by atoms with van der Waals surface area (Å²) in [6, 6.07) is 15.5. The third kappa shape index (κ3) is 4.18. The highest BCUT2D eigenvalue weighted by Gasteiger charge is 2.25. The van der Waals surface area contributed by atoms with Crippen LogP contribution in [0.2, 0.25) is 0 Å². The molecule has 1 aliphatic rings. The average molecular weight is 412 g/mol. The number of aromatic nitrogens is 1. The van der Waals surface area contributed by atoms with Gasteiger partial charge in [0, 0.05) is 18.8 Å². The number of carbonyl (C=O) groups excluding carboxylic acids is 2. The van der Waals surface area contributed by atoms with Gasteiger partial charge in [0.15, 0.2) is 5.13 Å². The van der Waals surface area contributed by atoms with Crippen molar-refractivity contribution in [3.8, 4) is 5.75 Å². The van der Waals surface area contributed by atoms with Gasteiger partial charge in [-0.1, -0.05) is 35.6 Å². The summed E-state index contributed by atoms with van der Waals surface area (Å²) < 4.78 is 6.98. The molecule has 2 heterocycles. The molecule has 0 unspecified atom stereocenters. The monoisotopic (exact) mass is 411 g/mol. The van der Waals surface area contributed by atoms with Gasteiger partial charge in [-0.15, -0.1) is 0 Å². The van der Waals surface area contributed by atoms with Gasteiger partial charge in [-0.2, -0.15) is 0 Å². The number of fused-ring (bicyclic) bond motifs is 1. The first-order valence-electron chi connectivity index (χ1n) is 8.63. The van der Waals surface area contributed by atoms with Gasteiger partial charge in [0.25, 0.3) is 5.24 Å². The summed E-state index contributed by atoms with van der Waals surface area (Å²) in [6.45, 7) is 1.24. The highest BCUT2D eigenvalue weighted by atomic mass is 32.2. The molecule has 1 fully saturated rings. The minimum absolute atomic E-state index is 0.261. The molecular weight excluding hydrogens is 394 g/mol. The van der Waals surface area contributed by atoms with Crippen LogP contribution >= 0.6 is 23.1 Å². The van der Waals surface area contributed by atoms with E-state index in [9.17, 15) is 9.59 Å². The number of ether oxygens (including phenoxy) is 1. The maximum absolute atomic E-state index is 11.6. The molecule has 0 aliphatic carbocycles. The Morgan fingerprint density at radius 2 is 1.93 bits per heavy atom. The number of nitrogens with one attached hydrogen (secondary N) is 1. The molecular formula is C20H17N3O3S2. The van der Waals surface area contributed by atoms with Crippen molar-refractivity contribution in [1.82, 2.24) is 10.3 Å². The maximum Gasteiger partial charge on any atom is 0.291 e. The predicted octanol–water partition coefficient (Wildman–Crippen LogP) is 4.14. The molecule has 0 bridgehead atoms. The smallest absolute Gasteiger partial charge is 0.291 e. The number of hydrogen-bond donors (Lipinski definition) is 1. The summed E-state index contributed by atoms with van der Waals surface area (Å²) in [5, 5.41) is 2.90. The largest absolute Gasteiger partial charge is 0.492 e. The Morgan fingerprint density at radius 1 is 1.14 bits per heavy atom. The average Bonchev–Trinajstić information content (AvgIpc) is 3.26. The maximum atomic E-state index is 11.6. The molecule has 8 heteroatoms. The Labute approximate surface area is 170 Å². The number of amides is 1. The van der Waals surface area contributed by atoms with Crippen molar-refractivity contribution in [2.75, 3.05) is 25.1 Å². The van der Waals surface area contributed by atoms with E-state index in [2.05, 4.69) is 21.3 Å². The van der Waals surface area contributed by atoms with Gasteiger partial charge in [-0.3, -0.25) is 9.59 Å². The number of anilines is 1. The Morgan fingerprint density at radius 3 is 2.64 bits per heavy atom. The van der Waals surface area contributed by atoms with Crippen LogP contribution in [0.3, 0.4) is 0 Å². The minimum atomic E-state index is -0.339. The normalized spacial score (nSPS) is 15.2. The van der Waals surface area contributed by atoms with E-state index in [1.165, 1.54) is 4.70 Å². The molecule has 0 atom stereocenters. The molecule has 0 saturated carbocycles. The van der Waals surface area contributed by atoms with Gasteiger partial charge >= 0.3 is 0 Å². The molecule has 28 heavy (non-hydrogen) atoms. The van der Waals surface area contributed by atoms with Crippen molar-refractivity contribution in [1.29, 1.82) is 0 Å². The third-order valence-electron chi connectivity index (χ3n) is 4.14. The topological polar surface area (TPSA) is 71.5 Å². The van der Waals surface area contributed by atoms with Crippen molar-refractivity contribution in [3.05, 3.63) is 59.8 Å². The van der Waals surface area contributed by atoms with Gasteiger partial charge in [0.1, 0.15) is 12.4 Å². The number of thiazole rings is 1. The standard InChI is InChI=1S/C20H17N3O3S2/c1-23(19-21-15-4-2-3-5-17(15)27-19)10-11-26-14-8-6-13(7-9-14)12-16-18(24)28-20(25)22-16/h2-9,12H,10-11H2,1H3,(H,22,25). The van der Waals surface area contributed by atoms with E-state index in [0.29, 0.717) is 30.6 Å². The van der Waals surface area contributed by atoms with Crippen LogP contribution in [-0.4, -0.2) is 35.5 Å². The fourth-order valence-corrected chi connectivity index (χ4v) is 4.17. The van der Waals surface area contributed by atoms with Crippen LogP contribution in [-0.2, 0) is 4.79 Å². The number of likely N-dealkylation sites (N-methyl/N-ethyl adjacent to an activating group) is 1. The number of rotatable bonds is 6. The van der Waals surface area contributed by atoms with Crippen LogP contribution in [0.5, 0.6) is 5.75 Å². The van der Waals surface area contributed by atoms with Gasteiger partial charge < -0.3 is 15.0 Å². The first-order valence-corrected chi connectivity index (χ1v) is 10.3. The van der Waals surface area contributed by atoms with E-state index in [1.54, 1.807) is 17.4 Å². The molecule has 0 spiro atoms. The summed E-state index contributed by atoms with van der Waals surface area (Å²) in [6.07, 6.45) is 1.66. The van der Waals surface area contributed by atoms with Crippen LogP contribution in [0.15, 0.2) is 54.2 Å². The number of thioether (sulfide) groups is 1. The second-order valence-electron chi connectivity index (χ2n) is 6.16. The lowest BCUT2D eigenvalue weighted by molar-refractivity contribution is -0.107. The number of nitrogens with zero attached hydrogens (tertiary/aromatic N) is 2. The third-order valence-corrected chi connectivity index (χ3v) is 5.98. The lowest BCUT2D eigenvalue weighted by Crippen LogP contribution is -2.23. The first-order chi connectivity index (χ1) is 13.6. The number of para-hydroxylation sites is 1. The van der Waals surface area contributed by atoms with Crippen molar-refractivity contribution >= 4 is 54.9 Å². The second-order valence-corrected chi connectivity index (χ2v) is 8.12. The summed E-state index contributed by atoms with van der Waals surface area (Å²) in [7, 11) is 2.00. The van der Waals surface area contributed by atoms with Gasteiger partial charge in [0.05, 0.1) is 22.5 Å². The molecule has 0 radical (unpaired) electrons. The quantitative estimate of drug-likeness (QED) is 0.615. The molecule has 6 nitrogen and oxygen atoms in total. The zero-order valence-corrected chi connectivity index (χ0v) is 16.7. The number of carbonyl (C=O) groups is 2. The summed E-state index contributed by atoms with van der Waals surface area (Å²) in [4.78, 5) is 29.5. The van der Waals surface area contributed by atoms with E-state index < -0.39 is 0 Å².